The Balaban J connectivity index is 0.00000210. The summed E-state index contributed by atoms with van der Waals surface area (Å²) in [6.45, 7) is 2.38. The summed E-state index contributed by atoms with van der Waals surface area (Å²) < 4.78 is 14.9. The van der Waals surface area contributed by atoms with E-state index >= 15 is 0 Å². The highest BCUT2D eigenvalue weighted by molar-refractivity contribution is 6.30. The van der Waals surface area contributed by atoms with Gasteiger partial charge in [-0.05, 0) is 23.8 Å². The molecular formula is C19H20Cl2FN5. The molecule has 1 fully saturated rings. The average molecular weight is 408 g/mol. The van der Waals surface area contributed by atoms with Crippen LogP contribution in [0.4, 0.5) is 4.39 Å². The molecule has 0 aliphatic carbocycles. The molecule has 0 spiro atoms. The van der Waals surface area contributed by atoms with Gasteiger partial charge in [-0.25, -0.2) is 9.07 Å². The lowest BCUT2D eigenvalue weighted by Gasteiger charge is -2.14. The molecule has 1 aliphatic heterocycles. The number of hydrogen-bond acceptors (Lipinski definition) is 4. The summed E-state index contributed by atoms with van der Waals surface area (Å²) in [4.78, 5) is 2.29. The van der Waals surface area contributed by atoms with E-state index < -0.39 is 5.82 Å². The van der Waals surface area contributed by atoms with Crippen LogP contribution in [0.1, 0.15) is 17.2 Å². The smallest absolute Gasteiger partial charge is 0.141 e. The first-order valence-corrected chi connectivity index (χ1v) is 8.87. The van der Waals surface area contributed by atoms with E-state index in [-0.39, 0.29) is 23.5 Å². The Bertz CT molecular complexity index is 902. The second kappa shape index (κ2) is 8.35. The largest absolute Gasteiger partial charge is 0.326 e. The molecule has 0 amide bonds. The summed E-state index contributed by atoms with van der Waals surface area (Å²) in [5.41, 5.74) is 9.14. The number of aromatic nitrogens is 3. The van der Waals surface area contributed by atoms with Crippen molar-refractivity contribution in [3.63, 3.8) is 0 Å². The lowest BCUT2D eigenvalue weighted by molar-refractivity contribution is 0.319. The molecule has 0 saturated carbocycles. The van der Waals surface area contributed by atoms with Crippen LogP contribution in [0.3, 0.4) is 0 Å². The van der Waals surface area contributed by atoms with E-state index in [1.54, 1.807) is 10.7 Å². The molecule has 8 heteroatoms. The summed E-state index contributed by atoms with van der Waals surface area (Å²) in [6.07, 6.45) is 1.84. The van der Waals surface area contributed by atoms with Crippen LogP contribution < -0.4 is 5.73 Å². The van der Waals surface area contributed by atoms with Crippen LogP contribution in [0.25, 0.3) is 5.69 Å². The SMILES string of the molecule is Cl.N[C@@H]1CN(Cc2cn(-c3ccc(F)c(Cl)c3)nn2)C[C@H]1c1ccccc1. The fraction of sp³-hybridized carbons (Fsp3) is 0.263. The van der Waals surface area contributed by atoms with Crippen molar-refractivity contribution in [1.82, 2.24) is 19.9 Å². The highest BCUT2D eigenvalue weighted by Crippen LogP contribution is 2.27. The number of likely N-dealkylation sites (tertiary alicyclic amines) is 1. The van der Waals surface area contributed by atoms with Crippen molar-refractivity contribution in [3.8, 4) is 5.69 Å². The molecule has 1 saturated heterocycles. The highest BCUT2D eigenvalue weighted by Gasteiger charge is 2.31. The summed E-state index contributed by atoms with van der Waals surface area (Å²) >= 11 is 5.84. The van der Waals surface area contributed by atoms with Crippen LogP contribution in [0, 0.1) is 5.82 Å². The number of nitrogens with two attached hydrogens (primary N) is 1. The molecule has 0 bridgehead atoms. The molecule has 2 aromatic carbocycles. The van der Waals surface area contributed by atoms with Crippen molar-refractivity contribution in [2.45, 2.75) is 18.5 Å². The Morgan fingerprint density at radius 2 is 1.93 bits per heavy atom. The van der Waals surface area contributed by atoms with Gasteiger partial charge < -0.3 is 5.73 Å². The molecule has 4 rings (SSSR count). The van der Waals surface area contributed by atoms with Crippen molar-refractivity contribution < 1.29 is 4.39 Å². The van der Waals surface area contributed by atoms with Crippen LogP contribution in [0.2, 0.25) is 5.02 Å². The first-order valence-electron chi connectivity index (χ1n) is 8.49. The minimum Gasteiger partial charge on any atom is -0.326 e. The molecule has 1 aromatic heterocycles. The van der Waals surface area contributed by atoms with Gasteiger partial charge in [0, 0.05) is 31.6 Å². The fourth-order valence-corrected chi connectivity index (χ4v) is 3.62. The van der Waals surface area contributed by atoms with E-state index in [1.807, 2.05) is 24.4 Å². The molecule has 1 aliphatic rings. The number of halogens is 3. The van der Waals surface area contributed by atoms with Gasteiger partial charge in [-0.1, -0.05) is 47.1 Å². The zero-order valence-corrected chi connectivity index (χ0v) is 16.1. The monoisotopic (exact) mass is 407 g/mol. The quantitative estimate of drug-likeness (QED) is 0.719. The van der Waals surface area contributed by atoms with E-state index in [0.717, 1.165) is 18.8 Å². The third kappa shape index (κ3) is 4.30. The number of rotatable bonds is 4. The van der Waals surface area contributed by atoms with Gasteiger partial charge in [0.05, 0.1) is 22.6 Å². The summed E-state index contributed by atoms with van der Waals surface area (Å²) in [5.74, 6) is -0.129. The van der Waals surface area contributed by atoms with Crippen LogP contribution in [0.5, 0.6) is 0 Å². The van der Waals surface area contributed by atoms with Crippen molar-refractivity contribution >= 4 is 24.0 Å². The molecule has 2 atom stereocenters. The maximum atomic E-state index is 13.3. The van der Waals surface area contributed by atoms with Crippen LogP contribution in [-0.2, 0) is 6.54 Å². The second-order valence-corrected chi connectivity index (χ2v) is 7.04. The third-order valence-electron chi connectivity index (χ3n) is 4.76. The number of hydrogen-bond donors (Lipinski definition) is 1. The maximum Gasteiger partial charge on any atom is 0.141 e. The van der Waals surface area contributed by atoms with Gasteiger partial charge in [-0.15, -0.1) is 17.5 Å². The molecule has 0 radical (unpaired) electrons. The first-order chi connectivity index (χ1) is 12.6. The van der Waals surface area contributed by atoms with Crippen LogP contribution in [0.15, 0.2) is 54.7 Å². The molecule has 2 N–H and O–H groups in total. The minimum atomic E-state index is -0.450. The minimum absolute atomic E-state index is 0. The fourth-order valence-electron chi connectivity index (χ4n) is 3.45. The van der Waals surface area contributed by atoms with E-state index in [1.165, 1.54) is 17.7 Å². The van der Waals surface area contributed by atoms with Crippen molar-refractivity contribution in [3.05, 3.63) is 76.8 Å². The predicted octanol–water partition coefficient (Wildman–Crippen LogP) is 3.41. The maximum absolute atomic E-state index is 13.3. The van der Waals surface area contributed by atoms with Crippen molar-refractivity contribution in [2.75, 3.05) is 13.1 Å². The third-order valence-corrected chi connectivity index (χ3v) is 5.05. The topological polar surface area (TPSA) is 60.0 Å². The van der Waals surface area contributed by atoms with Gasteiger partial charge >= 0.3 is 0 Å². The van der Waals surface area contributed by atoms with Gasteiger partial charge in [0.2, 0.25) is 0 Å². The van der Waals surface area contributed by atoms with Crippen molar-refractivity contribution in [1.29, 1.82) is 0 Å². The molecule has 2 heterocycles. The zero-order valence-electron chi connectivity index (χ0n) is 14.5. The standard InChI is InChI=1S/C19H19ClFN5.ClH/c20-17-8-15(6-7-18(17)21)26-10-14(23-24-26)9-25-11-16(19(22)12-25)13-4-2-1-3-5-13;/h1-8,10,16,19H,9,11-12,22H2;1H/t16-,19+;/m0./s1. The second-order valence-electron chi connectivity index (χ2n) is 6.63. The first kappa shape index (κ1) is 19.8. The molecule has 142 valence electrons. The van der Waals surface area contributed by atoms with Crippen LogP contribution in [-0.4, -0.2) is 39.0 Å². The molecule has 0 unspecified atom stereocenters. The van der Waals surface area contributed by atoms with Gasteiger partial charge in [-0.3, -0.25) is 4.90 Å². The summed E-state index contributed by atoms with van der Waals surface area (Å²) in [5, 5.41) is 8.41. The molecule has 3 aromatic rings. The Hall–Kier alpha value is -1.99. The van der Waals surface area contributed by atoms with Gasteiger partial charge in [0.1, 0.15) is 5.82 Å². The van der Waals surface area contributed by atoms with E-state index in [4.69, 9.17) is 17.3 Å². The summed E-state index contributed by atoms with van der Waals surface area (Å²) in [6, 6.07) is 14.9. The van der Waals surface area contributed by atoms with E-state index in [0.29, 0.717) is 18.2 Å². The van der Waals surface area contributed by atoms with E-state index in [9.17, 15) is 4.39 Å². The highest BCUT2D eigenvalue weighted by atomic mass is 35.5. The molecule has 27 heavy (non-hydrogen) atoms. The van der Waals surface area contributed by atoms with Gasteiger partial charge in [-0.2, -0.15) is 0 Å². The van der Waals surface area contributed by atoms with E-state index in [2.05, 4.69) is 27.3 Å². The number of nitrogens with zero attached hydrogens (tertiary/aromatic N) is 4. The summed E-state index contributed by atoms with van der Waals surface area (Å²) in [7, 11) is 0. The normalized spacial score (nSPS) is 19.8. The predicted molar refractivity (Wildman–Crippen MR) is 106 cm³/mol. The Labute approximate surface area is 168 Å². The Kier molecular flexibility index (Phi) is 6.11. The van der Waals surface area contributed by atoms with Crippen LogP contribution >= 0.6 is 24.0 Å². The lowest BCUT2D eigenvalue weighted by Crippen LogP contribution is -2.28. The molecule has 5 nitrogen and oxygen atoms in total. The number of benzene rings is 2. The van der Waals surface area contributed by atoms with Crippen molar-refractivity contribution in [2.24, 2.45) is 5.73 Å². The van der Waals surface area contributed by atoms with Gasteiger partial charge in [0.15, 0.2) is 0 Å². The Morgan fingerprint density at radius 1 is 1.15 bits per heavy atom. The average Bonchev–Trinajstić information content (AvgIpc) is 3.25. The molecular weight excluding hydrogens is 388 g/mol. The zero-order chi connectivity index (χ0) is 18.1. The lowest BCUT2D eigenvalue weighted by atomic mass is 9.95. The van der Waals surface area contributed by atoms with Gasteiger partial charge in [0.25, 0.3) is 0 Å². The Morgan fingerprint density at radius 3 is 2.67 bits per heavy atom.